The number of ether oxygens (including phenoxy) is 1. The Kier molecular flexibility index (Phi) is 3.78. The summed E-state index contributed by atoms with van der Waals surface area (Å²) in [4.78, 5) is 18.9. The van der Waals surface area contributed by atoms with Gasteiger partial charge >= 0.3 is 0 Å². The summed E-state index contributed by atoms with van der Waals surface area (Å²) in [5, 5.41) is 3.40. The van der Waals surface area contributed by atoms with Gasteiger partial charge in [0.2, 0.25) is 0 Å². The maximum Gasteiger partial charge on any atom is 0.139 e. The highest BCUT2D eigenvalue weighted by atomic mass is 16.5. The Labute approximate surface area is 131 Å². The second-order valence-corrected chi connectivity index (χ2v) is 7.26. The molecule has 1 aliphatic carbocycles. The summed E-state index contributed by atoms with van der Waals surface area (Å²) in [5.41, 5.74) is -0.0111. The van der Waals surface area contributed by atoms with Crippen LogP contribution in [0.2, 0.25) is 0 Å². The molecule has 0 bridgehead atoms. The molecule has 3 fully saturated rings. The highest BCUT2D eigenvalue weighted by molar-refractivity contribution is 5.83. The van der Waals surface area contributed by atoms with Gasteiger partial charge in [0, 0.05) is 37.5 Å². The van der Waals surface area contributed by atoms with E-state index in [4.69, 9.17) is 4.74 Å². The lowest BCUT2D eigenvalue weighted by molar-refractivity contribution is -0.131. The Morgan fingerprint density at radius 2 is 2.27 bits per heavy atom. The lowest BCUT2D eigenvalue weighted by Gasteiger charge is -2.35. The van der Waals surface area contributed by atoms with Gasteiger partial charge in [0.05, 0.1) is 18.2 Å². The zero-order valence-corrected chi connectivity index (χ0v) is 13.0. The third kappa shape index (κ3) is 2.72. The molecule has 3 heterocycles. The van der Waals surface area contributed by atoms with E-state index in [1.807, 2.05) is 18.6 Å². The van der Waals surface area contributed by atoms with Crippen LogP contribution in [0.4, 0.5) is 0 Å². The molecule has 5 nitrogen and oxygen atoms in total. The fourth-order valence-electron chi connectivity index (χ4n) is 4.58. The van der Waals surface area contributed by atoms with Crippen molar-refractivity contribution < 1.29 is 9.53 Å². The molecule has 1 saturated carbocycles. The Bertz CT molecular complexity index is 496. The average molecular weight is 303 g/mol. The minimum absolute atomic E-state index is 0.0111. The molecule has 4 rings (SSSR count). The van der Waals surface area contributed by atoms with Crippen LogP contribution in [0.3, 0.4) is 0 Å². The van der Waals surface area contributed by atoms with E-state index in [0.29, 0.717) is 11.7 Å². The van der Waals surface area contributed by atoms with Crippen LogP contribution in [0.5, 0.6) is 0 Å². The maximum absolute atomic E-state index is 12.6. The van der Waals surface area contributed by atoms with Gasteiger partial charge in [-0.15, -0.1) is 0 Å². The third-order valence-electron chi connectivity index (χ3n) is 5.70. The van der Waals surface area contributed by atoms with E-state index < -0.39 is 0 Å². The van der Waals surface area contributed by atoms with Crippen molar-refractivity contribution in [2.45, 2.75) is 43.8 Å². The number of carbonyl (C=O) groups excluding carboxylic acids is 1. The molecular formula is C17H25N3O2. The van der Waals surface area contributed by atoms with E-state index >= 15 is 0 Å². The van der Waals surface area contributed by atoms with E-state index in [1.54, 1.807) is 0 Å². The van der Waals surface area contributed by atoms with Crippen molar-refractivity contribution in [1.29, 1.82) is 0 Å². The van der Waals surface area contributed by atoms with Crippen molar-refractivity contribution >= 4 is 12.0 Å². The summed E-state index contributed by atoms with van der Waals surface area (Å²) in [7, 11) is 0. The minimum atomic E-state index is -0.0111. The van der Waals surface area contributed by atoms with E-state index in [-0.39, 0.29) is 17.6 Å². The third-order valence-corrected chi connectivity index (χ3v) is 5.70. The minimum Gasteiger partial charge on any atom is -0.371 e. The zero-order valence-electron chi connectivity index (χ0n) is 13.0. The molecule has 4 aliphatic rings. The van der Waals surface area contributed by atoms with E-state index in [2.05, 4.69) is 15.2 Å². The number of aliphatic imine (C=N–C) groups is 1. The first-order chi connectivity index (χ1) is 10.7. The van der Waals surface area contributed by atoms with Gasteiger partial charge < -0.3 is 15.0 Å². The maximum atomic E-state index is 12.6. The molecule has 0 amide bonds. The quantitative estimate of drug-likeness (QED) is 0.837. The predicted molar refractivity (Wildman–Crippen MR) is 84.8 cm³/mol. The summed E-state index contributed by atoms with van der Waals surface area (Å²) in [6.07, 6.45) is 10.8. The molecule has 0 aromatic rings. The predicted octanol–water partition coefficient (Wildman–Crippen LogP) is 1.35. The molecule has 3 aliphatic heterocycles. The molecule has 120 valence electrons. The van der Waals surface area contributed by atoms with Gasteiger partial charge in [0.1, 0.15) is 5.78 Å². The zero-order chi connectivity index (χ0) is 15.0. The van der Waals surface area contributed by atoms with Crippen LogP contribution in [0, 0.1) is 11.8 Å². The van der Waals surface area contributed by atoms with Crippen molar-refractivity contribution in [3.05, 3.63) is 12.4 Å². The van der Waals surface area contributed by atoms with Gasteiger partial charge in [-0.3, -0.25) is 9.79 Å². The van der Waals surface area contributed by atoms with Crippen molar-refractivity contribution in [3.8, 4) is 0 Å². The Morgan fingerprint density at radius 3 is 3.05 bits per heavy atom. The molecule has 5 heteroatoms. The lowest BCUT2D eigenvalue weighted by atomic mass is 9.75. The number of fused-ring (bicyclic) bond motifs is 1. The van der Waals surface area contributed by atoms with Gasteiger partial charge in [0.15, 0.2) is 0 Å². The van der Waals surface area contributed by atoms with Gasteiger partial charge in [-0.05, 0) is 44.7 Å². The molecule has 0 radical (unpaired) electrons. The monoisotopic (exact) mass is 303 g/mol. The fraction of sp³-hybridized carbons (Fsp3) is 0.765. The second kappa shape index (κ2) is 5.78. The molecular weight excluding hydrogens is 278 g/mol. The highest BCUT2D eigenvalue weighted by Crippen LogP contribution is 2.46. The lowest BCUT2D eigenvalue weighted by Crippen LogP contribution is -2.42. The van der Waals surface area contributed by atoms with Crippen LogP contribution < -0.4 is 5.32 Å². The topological polar surface area (TPSA) is 53.9 Å². The first-order valence-electron chi connectivity index (χ1n) is 8.58. The molecule has 1 N–H and O–H groups in total. The number of ketones is 1. The Hall–Kier alpha value is -1.20. The summed E-state index contributed by atoms with van der Waals surface area (Å²) >= 11 is 0. The van der Waals surface area contributed by atoms with Crippen LogP contribution >= 0.6 is 0 Å². The number of carbonyl (C=O) groups is 1. The summed E-state index contributed by atoms with van der Waals surface area (Å²) < 4.78 is 6.46. The standard InChI is InChI=1S/C17H25N3O2/c21-15-9-13(12-20-7-5-19-6-8-20)10-16-14(15)11-17(22-16)1-3-18-4-2-17/h5-7,13-14,16,18H,1-4,8-12H2. The van der Waals surface area contributed by atoms with Gasteiger partial charge in [-0.25, -0.2) is 0 Å². The molecule has 2 saturated heterocycles. The van der Waals surface area contributed by atoms with Crippen LogP contribution in [0.25, 0.3) is 0 Å². The number of nitrogens with zero attached hydrogens (tertiary/aromatic N) is 2. The SMILES string of the molecule is O=C1CC(CN2C=CN=CC2)CC2OC3(CCNCC3)CC12. The molecule has 3 atom stereocenters. The molecule has 1 spiro atoms. The van der Waals surface area contributed by atoms with Crippen LogP contribution in [0.15, 0.2) is 17.4 Å². The largest absolute Gasteiger partial charge is 0.371 e. The van der Waals surface area contributed by atoms with Crippen molar-refractivity contribution in [1.82, 2.24) is 10.2 Å². The fourth-order valence-corrected chi connectivity index (χ4v) is 4.58. The average Bonchev–Trinajstić information content (AvgIpc) is 2.87. The van der Waals surface area contributed by atoms with Crippen molar-refractivity contribution in [3.63, 3.8) is 0 Å². The van der Waals surface area contributed by atoms with Crippen molar-refractivity contribution in [2.75, 3.05) is 26.2 Å². The smallest absolute Gasteiger partial charge is 0.139 e. The number of hydrogen-bond donors (Lipinski definition) is 1. The number of rotatable bonds is 2. The van der Waals surface area contributed by atoms with Gasteiger partial charge in [-0.2, -0.15) is 0 Å². The van der Waals surface area contributed by atoms with E-state index in [9.17, 15) is 4.79 Å². The van der Waals surface area contributed by atoms with E-state index in [0.717, 1.165) is 58.3 Å². The number of nitrogens with one attached hydrogen (secondary N) is 1. The van der Waals surface area contributed by atoms with Gasteiger partial charge in [0.25, 0.3) is 0 Å². The Balaban J connectivity index is 1.40. The number of hydrogen-bond acceptors (Lipinski definition) is 5. The van der Waals surface area contributed by atoms with Crippen LogP contribution in [-0.2, 0) is 9.53 Å². The summed E-state index contributed by atoms with van der Waals surface area (Å²) in [5.74, 6) is 1.01. The highest BCUT2D eigenvalue weighted by Gasteiger charge is 2.51. The van der Waals surface area contributed by atoms with Gasteiger partial charge in [-0.1, -0.05) is 0 Å². The molecule has 0 aromatic heterocycles. The van der Waals surface area contributed by atoms with Crippen LogP contribution in [0.1, 0.15) is 32.1 Å². The first kappa shape index (κ1) is 14.4. The van der Waals surface area contributed by atoms with Crippen LogP contribution in [-0.4, -0.2) is 54.8 Å². The molecule has 3 unspecified atom stereocenters. The Morgan fingerprint density at radius 1 is 1.41 bits per heavy atom. The normalized spacial score (nSPS) is 36.8. The number of Topliss-reactive ketones (excluding diaryl/α,β-unsaturated/α-hetero) is 1. The van der Waals surface area contributed by atoms with Crippen molar-refractivity contribution in [2.24, 2.45) is 16.8 Å². The summed E-state index contributed by atoms with van der Waals surface area (Å²) in [6, 6.07) is 0. The number of piperidine rings is 1. The molecule has 0 aromatic carbocycles. The second-order valence-electron chi connectivity index (χ2n) is 7.26. The molecule has 22 heavy (non-hydrogen) atoms. The summed E-state index contributed by atoms with van der Waals surface area (Å²) in [6.45, 7) is 3.84. The van der Waals surface area contributed by atoms with E-state index in [1.165, 1.54) is 0 Å². The first-order valence-corrected chi connectivity index (χ1v) is 8.58.